The molecule has 0 fully saturated rings. The first-order chi connectivity index (χ1) is 15.5. The first-order valence-electron chi connectivity index (χ1n) is 9.84. The van der Waals surface area contributed by atoms with Crippen molar-refractivity contribution in [3.8, 4) is 0 Å². The van der Waals surface area contributed by atoms with E-state index < -0.39 is 0 Å². The second kappa shape index (κ2) is 7.61. The average Bonchev–Trinajstić information content (AvgIpc) is 3.26. The van der Waals surface area contributed by atoms with E-state index in [9.17, 15) is 9.59 Å². The second-order valence-corrected chi connectivity index (χ2v) is 7.29. The van der Waals surface area contributed by atoms with Crippen molar-refractivity contribution in [3.05, 3.63) is 81.3 Å². The average molecular weight is 429 g/mol. The van der Waals surface area contributed by atoms with Crippen molar-refractivity contribution in [2.24, 2.45) is 7.05 Å². The van der Waals surface area contributed by atoms with Gasteiger partial charge in [0, 0.05) is 19.3 Å². The third-order valence-corrected chi connectivity index (χ3v) is 5.14. The molecule has 1 aromatic carbocycles. The summed E-state index contributed by atoms with van der Waals surface area (Å²) in [5.41, 5.74) is 5.88. The number of nitrogens with zero attached hydrogens (tertiary/aromatic N) is 6. The molecule has 32 heavy (non-hydrogen) atoms. The molecule has 0 atom stereocenters. The van der Waals surface area contributed by atoms with E-state index in [1.807, 2.05) is 25.1 Å². The molecule has 5 aromatic rings. The van der Waals surface area contributed by atoms with Gasteiger partial charge in [-0.05, 0) is 24.6 Å². The topological polar surface area (TPSA) is 135 Å². The Morgan fingerprint density at radius 1 is 1.09 bits per heavy atom. The van der Waals surface area contributed by atoms with Gasteiger partial charge >= 0.3 is 0 Å². The predicted molar refractivity (Wildman–Crippen MR) is 120 cm³/mol. The minimum Gasteiger partial charge on any atom is -0.361 e. The number of rotatable bonds is 5. The van der Waals surface area contributed by atoms with Crippen LogP contribution < -0.4 is 21.9 Å². The SMILES string of the molecule is Cc1cccc2nc(CNc3ncnc4nc[nH]c34)n(Nc3ccc(=O)n(C)c3)c(=O)c12. The molecule has 0 spiro atoms. The van der Waals surface area contributed by atoms with Crippen LogP contribution >= 0.6 is 0 Å². The van der Waals surface area contributed by atoms with Crippen LogP contribution in [0.2, 0.25) is 0 Å². The monoisotopic (exact) mass is 429 g/mol. The highest BCUT2D eigenvalue weighted by atomic mass is 16.1. The number of fused-ring (bicyclic) bond motifs is 2. The molecule has 0 saturated heterocycles. The van der Waals surface area contributed by atoms with E-state index in [2.05, 4.69) is 30.7 Å². The number of benzene rings is 1. The highest BCUT2D eigenvalue weighted by Gasteiger charge is 2.14. The molecule has 0 amide bonds. The molecule has 3 N–H and O–H groups in total. The van der Waals surface area contributed by atoms with Gasteiger partial charge in [-0.25, -0.2) is 24.6 Å². The van der Waals surface area contributed by atoms with E-state index in [-0.39, 0.29) is 17.7 Å². The van der Waals surface area contributed by atoms with Crippen LogP contribution in [0.4, 0.5) is 11.5 Å². The van der Waals surface area contributed by atoms with Crippen LogP contribution in [0.25, 0.3) is 22.1 Å². The lowest BCUT2D eigenvalue weighted by atomic mass is 10.1. The van der Waals surface area contributed by atoms with Crippen molar-refractivity contribution in [2.45, 2.75) is 13.5 Å². The van der Waals surface area contributed by atoms with Crippen LogP contribution in [0.3, 0.4) is 0 Å². The highest BCUT2D eigenvalue weighted by molar-refractivity contribution is 5.82. The quantitative estimate of drug-likeness (QED) is 0.383. The van der Waals surface area contributed by atoms with Crippen LogP contribution in [-0.2, 0) is 13.6 Å². The third-order valence-electron chi connectivity index (χ3n) is 5.14. The van der Waals surface area contributed by atoms with Gasteiger partial charge in [0.15, 0.2) is 17.3 Å². The third kappa shape index (κ3) is 3.35. The number of aryl methyl sites for hydroxylation is 2. The maximum Gasteiger partial charge on any atom is 0.280 e. The smallest absolute Gasteiger partial charge is 0.280 e. The van der Waals surface area contributed by atoms with Gasteiger partial charge in [-0.1, -0.05) is 12.1 Å². The van der Waals surface area contributed by atoms with Crippen molar-refractivity contribution < 1.29 is 0 Å². The largest absolute Gasteiger partial charge is 0.361 e. The van der Waals surface area contributed by atoms with Gasteiger partial charge in [-0.2, -0.15) is 0 Å². The summed E-state index contributed by atoms with van der Waals surface area (Å²) in [5, 5.41) is 3.72. The van der Waals surface area contributed by atoms with E-state index in [4.69, 9.17) is 4.98 Å². The maximum atomic E-state index is 13.4. The van der Waals surface area contributed by atoms with Crippen molar-refractivity contribution in [1.29, 1.82) is 0 Å². The number of H-pyrrole nitrogens is 1. The molecule has 160 valence electrons. The van der Waals surface area contributed by atoms with Gasteiger partial charge in [0.25, 0.3) is 5.56 Å². The molecule has 0 aliphatic heterocycles. The Balaban J connectivity index is 1.60. The van der Waals surface area contributed by atoms with Gasteiger partial charge in [0.05, 0.1) is 29.5 Å². The molecule has 4 heterocycles. The minimum atomic E-state index is -0.242. The number of aromatic nitrogens is 7. The zero-order valence-electron chi connectivity index (χ0n) is 17.3. The normalized spacial score (nSPS) is 11.2. The molecule has 4 aromatic heterocycles. The summed E-state index contributed by atoms with van der Waals surface area (Å²) in [7, 11) is 1.65. The summed E-state index contributed by atoms with van der Waals surface area (Å²) in [5.74, 6) is 0.980. The van der Waals surface area contributed by atoms with Crippen molar-refractivity contribution in [2.75, 3.05) is 10.7 Å². The molecule has 0 unspecified atom stereocenters. The molecule has 0 aliphatic rings. The first kappa shape index (κ1) is 19.4. The van der Waals surface area contributed by atoms with Gasteiger partial charge in [-0.15, -0.1) is 0 Å². The predicted octanol–water partition coefficient (Wildman–Crippen LogP) is 1.56. The fraction of sp³-hybridized carbons (Fsp3) is 0.143. The molecular weight excluding hydrogens is 410 g/mol. The van der Waals surface area contributed by atoms with Crippen molar-refractivity contribution >= 4 is 33.6 Å². The van der Waals surface area contributed by atoms with E-state index in [1.54, 1.807) is 25.6 Å². The molecule has 11 heteroatoms. The Morgan fingerprint density at radius 3 is 2.81 bits per heavy atom. The summed E-state index contributed by atoms with van der Waals surface area (Å²) in [6.07, 6.45) is 4.57. The second-order valence-electron chi connectivity index (χ2n) is 7.29. The molecule has 0 bridgehead atoms. The maximum absolute atomic E-state index is 13.4. The fourth-order valence-corrected chi connectivity index (χ4v) is 3.53. The lowest BCUT2D eigenvalue weighted by molar-refractivity contribution is 0.775. The van der Waals surface area contributed by atoms with Crippen LogP contribution in [0.1, 0.15) is 11.4 Å². The van der Waals surface area contributed by atoms with Crippen molar-refractivity contribution in [3.63, 3.8) is 0 Å². The molecule has 11 nitrogen and oxygen atoms in total. The first-order valence-corrected chi connectivity index (χ1v) is 9.84. The summed E-state index contributed by atoms with van der Waals surface area (Å²) in [6.45, 7) is 2.07. The van der Waals surface area contributed by atoms with Crippen LogP contribution in [0.5, 0.6) is 0 Å². The molecule has 0 radical (unpaired) electrons. The number of nitrogens with one attached hydrogen (secondary N) is 3. The number of hydrogen-bond acceptors (Lipinski definition) is 8. The Kier molecular flexibility index (Phi) is 4.62. The lowest BCUT2D eigenvalue weighted by Gasteiger charge is -2.17. The summed E-state index contributed by atoms with van der Waals surface area (Å²) < 4.78 is 2.81. The van der Waals surface area contributed by atoms with Gasteiger partial charge in [-0.3, -0.25) is 15.0 Å². The van der Waals surface area contributed by atoms with Crippen LogP contribution in [-0.4, -0.2) is 34.2 Å². The van der Waals surface area contributed by atoms with Crippen LogP contribution in [0, 0.1) is 6.92 Å². The molecule has 0 saturated carbocycles. The fourth-order valence-electron chi connectivity index (χ4n) is 3.53. The Hall–Kier alpha value is -4.54. The Bertz CT molecular complexity index is 1580. The molecule has 0 aliphatic carbocycles. The van der Waals surface area contributed by atoms with Gasteiger partial charge in [0.1, 0.15) is 11.8 Å². The Labute approximate surface area is 180 Å². The van der Waals surface area contributed by atoms with Crippen LogP contribution in [0.15, 0.2) is 58.8 Å². The molecule has 5 rings (SSSR count). The lowest BCUT2D eigenvalue weighted by Crippen LogP contribution is -2.32. The minimum absolute atomic E-state index is 0.149. The summed E-state index contributed by atoms with van der Waals surface area (Å²) in [6, 6.07) is 8.59. The number of pyridine rings is 1. The van der Waals surface area contributed by atoms with Gasteiger partial charge in [0.2, 0.25) is 5.56 Å². The molecular formula is C21H19N9O2. The number of aromatic amines is 1. The standard InChI is InChI=1S/C21H19N9O2/c1-12-4-3-5-14-17(12)21(32)30(28-13-6-7-16(31)29(2)9-13)15(27-14)8-22-19-18-20(24-10-23-18)26-11-25-19/h3-7,9-11,28H,8H2,1-2H3,(H2,22,23,24,25,26). The number of imidazole rings is 1. The summed E-state index contributed by atoms with van der Waals surface area (Å²) >= 11 is 0. The number of anilines is 2. The zero-order valence-corrected chi connectivity index (χ0v) is 17.3. The highest BCUT2D eigenvalue weighted by Crippen LogP contribution is 2.17. The van der Waals surface area contributed by atoms with E-state index in [1.165, 1.54) is 21.6 Å². The van der Waals surface area contributed by atoms with E-state index in [0.29, 0.717) is 39.4 Å². The van der Waals surface area contributed by atoms with E-state index in [0.717, 1.165) is 5.56 Å². The van der Waals surface area contributed by atoms with Gasteiger partial charge < -0.3 is 14.9 Å². The van der Waals surface area contributed by atoms with Crippen molar-refractivity contribution in [1.82, 2.24) is 34.2 Å². The summed E-state index contributed by atoms with van der Waals surface area (Å²) in [4.78, 5) is 45.4. The zero-order chi connectivity index (χ0) is 22.2. The van der Waals surface area contributed by atoms with E-state index >= 15 is 0 Å². The Morgan fingerprint density at radius 2 is 1.97 bits per heavy atom. The number of hydrogen-bond donors (Lipinski definition) is 3.